The number of esters is 8. The highest BCUT2D eigenvalue weighted by atomic mass is 16.6. The van der Waals surface area contributed by atoms with Crippen LogP contribution in [0.4, 0.5) is 0 Å². The number of ether oxygens (including phenoxy) is 12. The molecule has 0 atom stereocenters. The van der Waals surface area contributed by atoms with Crippen molar-refractivity contribution in [1.82, 2.24) is 0 Å². The first kappa shape index (κ1) is 71.8. The summed E-state index contributed by atoms with van der Waals surface area (Å²) in [5.41, 5.74) is 1.22. The molecular formula is C71H80O20. The third kappa shape index (κ3) is 27.5. The molecule has 5 aromatic carbocycles. The molecule has 0 N–H and O–H groups in total. The Bertz CT molecular complexity index is 3220. The number of carbonyl (C=O) groups excluding carboxylic acids is 8. The molecule has 484 valence electrons. The van der Waals surface area contributed by atoms with Gasteiger partial charge < -0.3 is 56.8 Å². The van der Waals surface area contributed by atoms with Gasteiger partial charge in [0.1, 0.15) is 23.0 Å². The van der Waals surface area contributed by atoms with Crippen molar-refractivity contribution in [3.8, 4) is 46.0 Å². The van der Waals surface area contributed by atoms with Gasteiger partial charge in [-0.1, -0.05) is 26.3 Å². The van der Waals surface area contributed by atoms with Crippen LogP contribution in [-0.4, -0.2) is 101 Å². The zero-order valence-corrected chi connectivity index (χ0v) is 51.6. The Morgan fingerprint density at radius 3 is 0.879 bits per heavy atom. The maximum atomic E-state index is 13.4. The van der Waals surface area contributed by atoms with Gasteiger partial charge in [0.25, 0.3) is 0 Å². The van der Waals surface area contributed by atoms with Gasteiger partial charge in [-0.2, -0.15) is 0 Å². The summed E-state index contributed by atoms with van der Waals surface area (Å²) in [6.45, 7) is 17.9. The van der Waals surface area contributed by atoms with Crippen LogP contribution in [0.25, 0.3) is 0 Å². The van der Waals surface area contributed by atoms with Gasteiger partial charge in [0, 0.05) is 24.3 Å². The normalized spacial score (nSPS) is 10.5. The van der Waals surface area contributed by atoms with E-state index in [1.54, 1.807) is 43.3 Å². The zero-order valence-electron chi connectivity index (χ0n) is 51.6. The summed E-state index contributed by atoms with van der Waals surface area (Å²) in [6.07, 6.45) is 16.8. The lowest BCUT2D eigenvalue weighted by Gasteiger charge is -2.14. The smallest absolute Gasteiger partial charge is 0.343 e. The minimum absolute atomic E-state index is 0.165. The van der Waals surface area contributed by atoms with Crippen LogP contribution in [0.15, 0.2) is 154 Å². The molecule has 0 heterocycles. The van der Waals surface area contributed by atoms with E-state index in [2.05, 4.69) is 26.3 Å². The third-order valence-electron chi connectivity index (χ3n) is 13.3. The number of aryl methyl sites for hydroxylation is 1. The maximum Gasteiger partial charge on any atom is 0.343 e. The number of hydrogen-bond acceptors (Lipinski definition) is 20. The van der Waals surface area contributed by atoms with E-state index in [1.165, 1.54) is 66.7 Å². The molecular weight excluding hydrogens is 1170 g/mol. The fraction of sp³-hybridized carbons (Fsp3) is 0.352. The molecule has 20 heteroatoms. The van der Waals surface area contributed by atoms with Gasteiger partial charge in [-0.25, -0.2) is 38.4 Å². The molecule has 0 aliphatic rings. The highest BCUT2D eigenvalue weighted by Crippen LogP contribution is 2.32. The SMILES string of the molecule is C=CC(=O)OCCCCCCOc1ccc(C(=O)Oc2ccc(C(=O)Oc3ccc(OC(=O)c4ccc(OC(=O)c5ccc(OCCCCCCOC(=O)C=C)c(OCCCCCCOC(=O)C=C)c5)cc4)c(C)c3)cc2)cc1OCCCCCCOC(=O)C=C. The average molecular weight is 1250 g/mol. The van der Waals surface area contributed by atoms with Gasteiger partial charge in [0.15, 0.2) is 23.0 Å². The largest absolute Gasteiger partial charge is 0.490 e. The summed E-state index contributed by atoms with van der Waals surface area (Å²) >= 11 is 0. The van der Waals surface area contributed by atoms with Crippen molar-refractivity contribution in [2.45, 2.75) is 110 Å². The van der Waals surface area contributed by atoms with Crippen molar-refractivity contribution >= 4 is 47.8 Å². The number of benzene rings is 5. The molecule has 0 amide bonds. The molecule has 0 aromatic heterocycles. The van der Waals surface area contributed by atoms with E-state index < -0.39 is 47.8 Å². The molecule has 0 fully saturated rings. The first-order valence-corrected chi connectivity index (χ1v) is 30.4. The van der Waals surface area contributed by atoms with Gasteiger partial charge in [-0.15, -0.1) is 0 Å². The van der Waals surface area contributed by atoms with E-state index in [-0.39, 0.29) is 45.3 Å². The fourth-order valence-corrected chi connectivity index (χ4v) is 8.39. The van der Waals surface area contributed by atoms with Gasteiger partial charge in [0.05, 0.1) is 75.1 Å². The summed E-state index contributed by atoms with van der Waals surface area (Å²) in [5, 5.41) is 0. The second-order valence-corrected chi connectivity index (χ2v) is 20.4. The maximum absolute atomic E-state index is 13.4. The van der Waals surface area contributed by atoms with E-state index in [4.69, 9.17) is 56.8 Å². The van der Waals surface area contributed by atoms with Crippen molar-refractivity contribution in [1.29, 1.82) is 0 Å². The minimum atomic E-state index is -0.697. The quantitative estimate of drug-likeness (QED) is 0.0116. The summed E-state index contributed by atoms with van der Waals surface area (Å²) < 4.78 is 67.1. The Morgan fingerprint density at radius 2 is 0.549 bits per heavy atom. The molecule has 0 aliphatic heterocycles. The second kappa shape index (κ2) is 41.3. The third-order valence-corrected chi connectivity index (χ3v) is 13.3. The Morgan fingerprint density at radius 1 is 0.286 bits per heavy atom. The highest BCUT2D eigenvalue weighted by Gasteiger charge is 2.19. The highest BCUT2D eigenvalue weighted by molar-refractivity contribution is 5.95. The van der Waals surface area contributed by atoms with Gasteiger partial charge in [-0.3, -0.25) is 0 Å². The fourth-order valence-electron chi connectivity index (χ4n) is 8.39. The number of unbranched alkanes of at least 4 members (excludes halogenated alkanes) is 12. The number of carbonyl (C=O) groups is 8. The molecule has 0 aliphatic carbocycles. The number of hydrogen-bond donors (Lipinski definition) is 0. The predicted octanol–water partition coefficient (Wildman–Crippen LogP) is 13.5. The van der Waals surface area contributed by atoms with Gasteiger partial charge in [0.2, 0.25) is 0 Å². The molecule has 0 unspecified atom stereocenters. The molecule has 0 spiro atoms. The van der Waals surface area contributed by atoms with Crippen LogP contribution in [0, 0.1) is 6.92 Å². The lowest BCUT2D eigenvalue weighted by Crippen LogP contribution is -2.12. The molecule has 0 saturated heterocycles. The monoisotopic (exact) mass is 1250 g/mol. The second-order valence-electron chi connectivity index (χ2n) is 20.4. The van der Waals surface area contributed by atoms with Crippen LogP contribution < -0.4 is 37.9 Å². The molecule has 0 saturated carbocycles. The first-order chi connectivity index (χ1) is 44.2. The molecule has 0 radical (unpaired) electrons. The van der Waals surface area contributed by atoms with E-state index in [0.29, 0.717) is 120 Å². The Balaban J connectivity index is 1.10. The number of rotatable bonds is 44. The van der Waals surface area contributed by atoms with Crippen LogP contribution in [0.2, 0.25) is 0 Å². The van der Waals surface area contributed by atoms with Crippen molar-refractivity contribution < 1.29 is 95.2 Å². The first-order valence-electron chi connectivity index (χ1n) is 30.4. The van der Waals surface area contributed by atoms with E-state index in [9.17, 15) is 38.4 Å². The van der Waals surface area contributed by atoms with Gasteiger partial charge >= 0.3 is 47.8 Å². The van der Waals surface area contributed by atoms with E-state index in [1.807, 2.05) is 0 Å². The average Bonchev–Trinajstić information content (AvgIpc) is 2.72. The van der Waals surface area contributed by atoms with Gasteiger partial charge in [-0.05, 0) is 218 Å². The van der Waals surface area contributed by atoms with Crippen LogP contribution in [0.5, 0.6) is 46.0 Å². The molecule has 5 rings (SSSR count). The van der Waals surface area contributed by atoms with Crippen LogP contribution in [-0.2, 0) is 38.1 Å². The Hall–Kier alpha value is -9.98. The van der Waals surface area contributed by atoms with Crippen LogP contribution in [0.3, 0.4) is 0 Å². The molecule has 5 aromatic rings. The van der Waals surface area contributed by atoms with Crippen LogP contribution in [0.1, 0.15) is 150 Å². The minimum Gasteiger partial charge on any atom is -0.490 e. The van der Waals surface area contributed by atoms with Crippen molar-refractivity contribution in [3.05, 3.63) is 182 Å². The topological polar surface area (TPSA) is 247 Å². The van der Waals surface area contributed by atoms with E-state index in [0.717, 1.165) is 88.5 Å². The lowest BCUT2D eigenvalue weighted by atomic mass is 10.2. The van der Waals surface area contributed by atoms with E-state index >= 15 is 0 Å². The summed E-state index contributed by atoms with van der Waals surface area (Å²) in [4.78, 5) is 98.5. The summed E-state index contributed by atoms with van der Waals surface area (Å²) in [5.74, 6) is -2.22. The van der Waals surface area contributed by atoms with Crippen molar-refractivity contribution in [2.24, 2.45) is 0 Å². The molecule has 20 nitrogen and oxygen atoms in total. The van der Waals surface area contributed by atoms with Crippen molar-refractivity contribution in [2.75, 3.05) is 52.9 Å². The Kier molecular flexibility index (Phi) is 32.6. The molecule has 91 heavy (non-hydrogen) atoms. The van der Waals surface area contributed by atoms with Crippen LogP contribution >= 0.6 is 0 Å². The standard InChI is InChI=1S/C71H80O20/c1-6-64(72)84-44-22-14-10-18-40-80-60-37-30-54(49-62(60)82-42-20-12-16-24-46-86-66(74)8-3)70(78)88-56-32-26-52(27-33-56)68(76)90-58-36-39-59(51(5)48-58)91-69(77)53-28-34-57(35-29-53)89-71(79)55-31-38-61(81-41-19-11-15-23-45-85-65(73)7-2)63(50-55)83-43-21-13-17-25-47-87-67(75)9-4/h6-9,26-39,48-50H,1-4,10-25,40-47H2,5H3. The predicted molar refractivity (Wildman–Crippen MR) is 337 cm³/mol. The Labute approximate surface area is 531 Å². The van der Waals surface area contributed by atoms with Crippen molar-refractivity contribution in [3.63, 3.8) is 0 Å². The molecule has 0 bridgehead atoms. The zero-order chi connectivity index (χ0) is 65.4. The lowest BCUT2D eigenvalue weighted by molar-refractivity contribution is -0.138. The summed E-state index contributed by atoms with van der Waals surface area (Å²) in [6, 6.07) is 25.7. The summed E-state index contributed by atoms with van der Waals surface area (Å²) in [7, 11) is 0.